The van der Waals surface area contributed by atoms with Gasteiger partial charge >= 0.3 is 0 Å². The predicted octanol–water partition coefficient (Wildman–Crippen LogP) is 4.50. The molecule has 3 aromatic rings. The second-order valence-electron chi connectivity index (χ2n) is 7.54. The Hall–Kier alpha value is -2.67. The summed E-state index contributed by atoms with van der Waals surface area (Å²) in [6.45, 7) is 3.91. The lowest BCUT2D eigenvalue weighted by Gasteiger charge is -2.21. The monoisotopic (exact) mass is 400 g/mol. The summed E-state index contributed by atoms with van der Waals surface area (Å²) in [5.41, 5.74) is 2.10. The molecule has 0 spiro atoms. The van der Waals surface area contributed by atoms with Crippen LogP contribution in [-0.4, -0.2) is 29.1 Å². The van der Waals surface area contributed by atoms with Crippen molar-refractivity contribution in [2.45, 2.75) is 38.8 Å². The number of benzene rings is 2. The number of rotatable bonds is 4. The predicted molar refractivity (Wildman–Crippen MR) is 107 cm³/mol. The quantitative estimate of drug-likeness (QED) is 0.700. The Morgan fingerprint density at radius 3 is 2.55 bits per heavy atom. The summed E-state index contributed by atoms with van der Waals surface area (Å²) in [7, 11) is 0. The minimum Gasteiger partial charge on any atom is -0.341 e. The van der Waals surface area contributed by atoms with Crippen molar-refractivity contribution >= 4 is 16.9 Å². The molecule has 2 aromatic carbocycles. The van der Waals surface area contributed by atoms with Gasteiger partial charge in [-0.1, -0.05) is 0 Å². The summed E-state index contributed by atoms with van der Waals surface area (Å²) < 4.78 is 40.2. The van der Waals surface area contributed by atoms with Gasteiger partial charge in [-0.05, 0) is 62.1 Å². The molecule has 0 radical (unpaired) electrons. The van der Waals surface area contributed by atoms with E-state index in [-0.39, 0.29) is 11.9 Å². The Balaban J connectivity index is 1.42. The van der Waals surface area contributed by atoms with Crippen LogP contribution in [0.15, 0.2) is 36.4 Å². The standard InChI is InChI=1S/C22H23F3N4/c1-14-20-12-16(23)4-5-21(20)28-22(27-14)29-7-2-3-19(6-8-29)26-13-15-9-17(24)11-18(25)10-15/h4-5,9-12,19,26H,2-3,6-8,13H2,1H3/t19-/m0/s1. The maximum atomic E-state index is 13.5. The van der Waals surface area contributed by atoms with Gasteiger partial charge in [0.05, 0.1) is 11.2 Å². The average molecular weight is 400 g/mol. The number of aromatic nitrogens is 2. The summed E-state index contributed by atoms with van der Waals surface area (Å²) in [5, 5.41) is 4.14. The second kappa shape index (κ2) is 8.37. The number of nitrogens with one attached hydrogen (secondary N) is 1. The third kappa shape index (κ3) is 4.67. The van der Waals surface area contributed by atoms with Gasteiger partial charge in [0.2, 0.25) is 5.95 Å². The van der Waals surface area contributed by atoms with Crippen molar-refractivity contribution in [2.75, 3.05) is 18.0 Å². The molecule has 1 aromatic heterocycles. The maximum absolute atomic E-state index is 13.5. The Morgan fingerprint density at radius 2 is 1.76 bits per heavy atom. The summed E-state index contributed by atoms with van der Waals surface area (Å²) in [5.74, 6) is -0.747. The molecule has 0 bridgehead atoms. The van der Waals surface area contributed by atoms with Crippen molar-refractivity contribution in [1.82, 2.24) is 15.3 Å². The van der Waals surface area contributed by atoms with Crippen LogP contribution in [0.1, 0.15) is 30.5 Å². The van der Waals surface area contributed by atoms with Gasteiger partial charge in [0.15, 0.2) is 0 Å². The second-order valence-corrected chi connectivity index (χ2v) is 7.54. The van der Waals surface area contributed by atoms with E-state index in [4.69, 9.17) is 0 Å². The van der Waals surface area contributed by atoms with Gasteiger partial charge in [-0.15, -0.1) is 0 Å². The molecular formula is C22H23F3N4. The third-order valence-electron chi connectivity index (χ3n) is 5.36. The lowest BCUT2D eigenvalue weighted by Crippen LogP contribution is -2.31. The van der Waals surface area contributed by atoms with Crippen LogP contribution >= 0.6 is 0 Å². The average Bonchev–Trinajstić information content (AvgIpc) is 2.92. The van der Waals surface area contributed by atoms with Crippen molar-refractivity contribution < 1.29 is 13.2 Å². The molecule has 1 atom stereocenters. The zero-order valence-electron chi connectivity index (χ0n) is 16.3. The molecule has 1 N–H and O–H groups in total. The molecule has 4 rings (SSSR count). The van der Waals surface area contributed by atoms with Crippen LogP contribution in [0.25, 0.3) is 10.9 Å². The molecule has 4 nitrogen and oxygen atoms in total. The molecule has 1 aliphatic rings. The van der Waals surface area contributed by atoms with E-state index >= 15 is 0 Å². The molecule has 0 saturated carbocycles. The fourth-order valence-corrected chi connectivity index (χ4v) is 3.86. The summed E-state index contributed by atoms with van der Waals surface area (Å²) >= 11 is 0. The molecule has 0 amide bonds. The van der Waals surface area contributed by atoms with Crippen LogP contribution in [0.2, 0.25) is 0 Å². The number of anilines is 1. The smallest absolute Gasteiger partial charge is 0.226 e. The molecule has 0 unspecified atom stereocenters. The number of aryl methyl sites for hydroxylation is 1. The first kappa shape index (κ1) is 19.6. The van der Waals surface area contributed by atoms with E-state index in [0.717, 1.165) is 55.0 Å². The van der Waals surface area contributed by atoms with Gasteiger partial charge in [-0.3, -0.25) is 0 Å². The minimum atomic E-state index is -0.558. The van der Waals surface area contributed by atoms with Crippen LogP contribution in [0, 0.1) is 24.4 Å². The molecule has 1 saturated heterocycles. The third-order valence-corrected chi connectivity index (χ3v) is 5.36. The van der Waals surface area contributed by atoms with Gasteiger partial charge in [-0.25, -0.2) is 23.1 Å². The Kier molecular flexibility index (Phi) is 5.67. The van der Waals surface area contributed by atoms with E-state index in [1.807, 2.05) is 6.92 Å². The highest BCUT2D eigenvalue weighted by atomic mass is 19.1. The summed E-state index contributed by atoms with van der Waals surface area (Å²) in [6.07, 6.45) is 2.80. The molecule has 29 heavy (non-hydrogen) atoms. The Bertz CT molecular complexity index is 1000. The Labute approximate surface area is 167 Å². The van der Waals surface area contributed by atoms with E-state index < -0.39 is 11.6 Å². The van der Waals surface area contributed by atoms with Crippen molar-refractivity contribution in [1.29, 1.82) is 0 Å². The highest BCUT2D eigenvalue weighted by Gasteiger charge is 2.19. The lowest BCUT2D eigenvalue weighted by molar-refractivity contribution is 0.467. The number of nitrogens with zero attached hydrogens (tertiary/aromatic N) is 3. The van der Waals surface area contributed by atoms with Crippen molar-refractivity contribution in [3.8, 4) is 0 Å². The highest BCUT2D eigenvalue weighted by molar-refractivity contribution is 5.81. The number of halogens is 3. The van der Waals surface area contributed by atoms with Gasteiger partial charge in [-0.2, -0.15) is 0 Å². The van der Waals surface area contributed by atoms with E-state index in [2.05, 4.69) is 20.2 Å². The lowest BCUT2D eigenvalue weighted by atomic mass is 10.1. The van der Waals surface area contributed by atoms with Crippen molar-refractivity contribution in [2.24, 2.45) is 0 Å². The molecule has 2 heterocycles. The van der Waals surface area contributed by atoms with Crippen LogP contribution in [0.4, 0.5) is 19.1 Å². The first-order chi connectivity index (χ1) is 14.0. The first-order valence-electron chi connectivity index (χ1n) is 9.85. The van der Waals surface area contributed by atoms with Gasteiger partial charge in [0.25, 0.3) is 0 Å². The zero-order valence-corrected chi connectivity index (χ0v) is 16.3. The normalized spacial score (nSPS) is 17.5. The first-order valence-corrected chi connectivity index (χ1v) is 9.85. The molecular weight excluding hydrogens is 377 g/mol. The van der Waals surface area contributed by atoms with Gasteiger partial charge in [0, 0.05) is 37.1 Å². The fraction of sp³-hybridized carbons (Fsp3) is 0.364. The van der Waals surface area contributed by atoms with Crippen LogP contribution in [0.5, 0.6) is 0 Å². The fourth-order valence-electron chi connectivity index (χ4n) is 3.86. The van der Waals surface area contributed by atoms with E-state index in [1.54, 1.807) is 6.07 Å². The molecule has 7 heteroatoms. The number of fused-ring (bicyclic) bond motifs is 1. The molecule has 1 fully saturated rings. The van der Waals surface area contributed by atoms with Gasteiger partial charge < -0.3 is 10.2 Å². The topological polar surface area (TPSA) is 41.1 Å². The SMILES string of the molecule is Cc1nc(N2CCC[C@H](NCc3cc(F)cc(F)c3)CC2)nc2ccc(F)cc12. The van der Waals surface area contributed by atoms with E-state index in [0.29, 0.717) is 18.1 Å². The molecule has 0 aliphatic carbocycles. The van der Waals surface area contributed by atoms with E-state index in [9.17, 15) is 13.2 Å². The zero-order chi connectivity index (χ0) is 20.4. The maximum Gasteiger partial charge on any atom is 0.226 e. The minimum absolute atomic E-state index is 0.252. The largest absolute Gasteiger partial charge is 0.341 e. The van der Waals surface area contributed by atoms with E-state index in [1.165, 1.54) is 24.3 Å². The van der Waals surface area contributed by atoms with Crippen molar-refractivity contribution in [3.63, 3.8) is 0 Å². The summed E-state index contributed by atoms with van der Waals surface area (Å²) in [4.78, 5) is 11.4. The highest BCUT2D eigenvalue weighted by Crippen LogP contribution is 2.22. The van der Waals surface area contributed by atoms with Gasteiger partial charge in [0.1, 0.15) is 17.5 Å². The molecule has 152 valence electrons. The number of hydrogen-bond donors (Lipinski definition) is 1. The van der Waals surface area contributed by atoms with Crippen LogP contribution < -0.4 is 10.2 Å². The van der Waals surface area contributed by atoms with Crippen LogP contribution in [-0.2, 0) is 6.54 Å². The number of hydrogen-bond acceptors (Lipinski definition) is 4. The van der Waals surface area contributed by atoms with Crippen molar-refractivity contribution in [3.05, 3.63) is 65.1 Å². The molecule has 1 aliphatic heterocycles. The summed E-state index contributed by atoms with van der Waals surface area (Å²) in [6, 6.07) is 8.40. The Morgan fingerprint density at radius 1 is 0.966 bits per heavy atom. The van der Waals surface area contributed by atoms with Crippen LogP contribution in [0.3, 0.4) is 0 Å².